The van der Waals surface area contributed by atoms with Crippen LogP contribution in [0.25, 0.3) is 0 Å². The molecular weight excluding hydrogens is 386 g/mol. The van der Waals surface area contributed by atoms with Crippen LogP contribution in [-0.4, -0.2) is 45.7 Å². The maximum absolute atomic E-state index is 12.4. The summed E-state index contributed by atoms with van der Waals surface area (Å²) in [6, 6.07) is 11.0. The minimum absolute atomic E-state index is 0.0778. The fourth-order valence-electron chi connectivity index (χ4n) is 2.55. The third kappa shape index (κ3) is 6.63. The third-order valence-electron chi connectivity index (χ3n) is 3.94. The van der Waals surface area contributed by atoms with Crippen LogP contribution < -0.4 is 24.8 Å². The summed E-state index contributed by atoms with van der Waals surface area (Å²) in [6.07, 6.45) is 0.547. The molecule has 0 aliphatic carbocycles. The van der Waals surface area contributed by atoms with E-state index in [0.29, 0.717) is 24.5 Å². The molecule has 0 radical (unpaired) electrons. The number of rotatable bonds is 10. The van der Waals surface area contributed by atoms with Gasteiger partial charge < -0.3 is 24.8 Å². The maximum Gasteiger partial charge on any atom is 0.387 e. The highest BCUT2D eigenvalue weighted by atomic mass is 19.3. The molecule has 0 spiro atoms. The maximum atomic E-state index is 12.4. The molecule has 0 aromatic heterocycles. The molecule has 29 heavy (non-hydrogen) atoms. The van der Waals surface area contributed by atoms with E-state index >= 15 is 0 Å². The van der Waals surface area contributed by atoms with E-state index in [1.807, 2.05) is 12.1 Å². The number of carbonyl (C=O) groups excluding carboxylic acids is 2. The molecule has 0 aliphatic heterocycles. The average molecular weight is 408 g/mol. The molecule has 0 bridgehead atoms. The lowest BCUT2D eigenvalue weighted by atomic mass is 10.1. The Kier molecular flexibility index (Phi) is 8.20. The zero-order valence-electron chi connectivity index (χ0n) is 16.0. The smallest absolute Gasteiger partial charge is 0.387 e. The van der Waals surface area contributed by atoms with E-state index in [4.69, 9.17) is 9.47 Å². The van der Waals surface area contributed by atoms with Gasteiger partial charge in [0.2, 0.25) is 5.91 Å². The number of amides is 2. The van der Waals surface area contributed by atoms with Crippen LogP contribution in [-0.2, 0) is 11.2 Å². The Bertz CT molecular complexity index is 845. The Labute approximate surface area is 167 Å². The standard InChI is InChI=1S/C20H22F2N2O5/c1-27-16-8-7-13(11-17(16)28-2)9-10-23-18(25)12-24-19(26)14-5-3-4-6-15(14)29-20(21)22/h3-8,11,20H,9-10,12H2,1-2H3,(H,23,25)(H,24,26). The minimum atomic E-state index is -3.05. The fraction of sp³-hybridized carbons (Fsp3) is 0.300. The van der Waals surface area contributed by atoms with Crippen LogP contribution in [0.4, 0.5) is 8.78 Å². The van der Waals surface area contributed by atoms with Crippen molar-refractivity contribution in [3.63, 3.8) is 0 Å². The molecule has 0 unspecified atom stereocenters. The summed E-state index contributed by atoms with van der Waals surface area (Å²) in [5.41, 5.74) is 0.857. The summed E-state index contributed by atoms with van der Waals surface area (Å²) < 4.78 is 39.5. The van der Waals surface area contributed by atoms with Gasteiger partial charge >= 0.3 is 6.61 Å². The highest BCUT2D eigenvalue weighted by Crippen LogP contribution is 2.27. The van der Waals surface area contributed by atoms with Crippen molar-refractivity contribution in [3.05, 3.63) is 53.6 Å². The Morgan fingerprint density at radius 2 is 1.69 bits per heavy atom. The highest BCUT2D eigenvalue weighted by Gasteiger charge is 2.16. The van der Waals surface area contributed by atoms with Crippen LogP contribution in [0.15, 0.2) is 42.5 Å². The number of nitrogens with one attached hydrogen (secondary N) is 2. The summed E-state index contributed by atoms with van der Waals surface area (Å²) in [7, 11) is 3.08. The SMILES string of the molecule is COc1ccc(CCNC(=O)CNC(=O)c2ccccc2OC(F)F)cc1OC. The van der Waals surface area contributed by atoms with E-state index in [1.54, 1.807) is 13.2 Å². The van der Waals surface area contributed by atoms with Crippen molar-refractivity contribution in [3.8, 4) is 17.2 Å². The van der Waals surface area contributed by atoms with Crippen molar-refractivity contribution >= 4 is 11.8 Å². The number of benzene rings is 2. The minimum Gasteiger partial charge on any atom is -0.493 e. The lowest BCUT2D eigenvalue weighted by molar-refractivity contribution is -0.120. The molecule has 2 aromatic rings. The number of alkyl halides is 2. The fourth-order valence-corrected chi connectivity index (χ4v) is 2.55. The van der Waals surface area contributed by atoms with Gasteiger partial charge in [-0.25, -0.2) is 0 Å². The number of methoxy groups -OCH3 is 2. The predicted molar refractivity (Wildman–Crippen MR) is 102 cm³/mol. The quantitative estimate of drug-likeness (QED) is 0.631. The zero-order valence-corrected chi connectivity index (χ0v) is 16.0. The van der Waals surface area contributed by atoms with E-state index in [0.717, 1.165) is 5.56 Å². The van der Waals surface area contributed by atoms with Gasteiger partial charge in [-0.1, -0.05) is 18.2 Å². The van der Waals surface area contributed by atoms with Gasteiger partial charge in [0.05, 0.1) is 26.3 Å². The lowest BCUT2D eigenvalue weighted by Gasteiger charge is -2.11. The summed E-state index contributed by atoms with van der Waals surface area (Å²) >= 11 is 0. The second kappa shape index (κ2) is 10.8. The Hall–Kier alpha value is -3.36. The summed E-state index contributed by atoms with van der Waals surface area (Å²) in [4.78, 5) is 24.1. The number of para-hydroxylation sites is 1. The topological polar surface area (TPSA) is 85.9 Å². The lowest BCUT2D eigenvalue weighted by Crippen LogP contribution is -2.37. The van der Waals surface area contributed by atoms with Crippen molar-refractivity contribution in [1.29, 1.82) is 0 Å². The zero-order chi connectivity index (χ0) is 21.2. The number of hydrogen-bond acceptors (Lipinski definition) is 5. The Morgan fingerprint density at radius 3 is 2.38 bits per heavy atom. The molecule has 0 aliphatic rings. The van der Waals surface area contributed by atoms with Crippen LogP contribution in [0.5, 0.6) is 17.2 Å². The normalized spacial score (nSPS) is 10.4. The van der Waals surface area contributed by atoms with Crippen molar-refractivity contribution < 1.29 is 32.6 Å². The molecule has 0 fully saturated rings. The molecule has 2 N–H and O–H groups in total. The Balaban J connectivity index is 1.81. The second-order valence-electron chi connectivity index (χ2n) is 5.85. The van der Waals surface area contributed by atoms with Crippen molar-refractivity contribution in [2.24, 2.45) is 0 Å². The summed E-state index contributed by atoms with van der Waals surface area (Å²) in [5, 5.41) is 5.06. The van der Waals surface area contributed by atoms with Crippen molar-refractivity contribution in [2.45, 2.75) is 13.0 Å². The first-order valence-electron chi connectivity index (χ1n) is 8.74. The third-order valence-corrected chi connectivity index (χ3v) is 3.94. The molecule has 9 heteroatoms. The molecule has 0 saturated heterocycles. The van der Waals surface area contributed by atoms with Crippen LogP contribution in [0.1, 0.15) is 15.9 Å². The number of hydrogen-bond donors (Lipinski definition) is 2. The van der Waals surface area contributed by atoms with Crippen LogP contribution in [0, 0.1) is 0 Å². The first kappa shape index (κ1) is 21.9. The van der Waals surface area contributed by atoms with Gasteiger partial charge in [-0.15, -0.1) is 0 Å². The molecule has 7 nitrogen and oxygen atoms in total. The molecule has 156 valence electrons. The van der Waals surface area contributed by atoms with E-state index in [1.165, 1.54) is 31.4 Å². The van der Waals surface area contributed by atoms with Crippen LogP contribution in [0.2, 0.25) is 0 Å². The molecular formula is C20H22F2N2O5. The molecule has 0 atom stereocenters. The number of halogens is 2. The monoisotopic (exact) mass is 408 g/mol. The first-order chi connectivity index (χ1) is 13.9. The second-order valence-corrected chi connectivity index (χ2v) is 5.85. The molecule has 2 rings (SSSR count). The van der Waals surface area contributed by atoms with E-state index in [9.17, 15) is 18.4 Å². The van der Waals surface area contributed by atoms with Crippen molar-refractivity contribution in [2.75, 3.05) is 27.3 Å². The summed E-state index contributed by atoms with van der Waals surface area (Å²) in [5.74, 6) is -0.149. The van der Waals surface area contributed by atoms with Gasteiger partial charge in [-0.2, -0.15) is 8.78 Å². The van der Waals surface area contributed by atoms with Gasteiger partial charge in [-0.05, 0) is 36.2 Å². The van der Waals surface area contributed by atoms with Gasteiger partial charge in [0.1, 0.15) is 5.75 Å². The predicted octanol–water partition coefficient (Wildman–Crippen LogP) is 2.39. The molecule has 0 heterocycles. The molecule has 2 aromatic carbocycles. The van der Waals surface area contributed by atoms with Gasteiger partial charge in [-0.3, -0.25) is 9.59 Å². The largest absolute Gasteiger partial charge is 0.493 e. The van der Waals surface area contributed by atoms with Crippen molar-refractivity contribution in [1.82, 2.24) is 10.6 Å². The van der Waals surface area contributed by atoms with Gasteiger partial charge in [0.25, 0.3) is 5.91 Å². The number of ether oxygens (including phenoxy) is 3. The number of carbonyl (C=O) groups is 2. The van der Waals surface area contributed by atoms with Gasteiger partial charge in [0.15, 0.2) is 11.5 Å². The van der Waals surface area contributed by atoms with E-state index in [-0.39, 0.29) is 17.9 Å². The average Bonchev–Trinajstić information content (AvgIpc) is 2.71. The first-order valence-corrected chi connectivity index (χ1v) is 8.74. The Morgan fingerprint density at radius 1 is 0.966 bits per heavy atom. The van der Waals surface area contributed by atoms with Crippen LogP contribution >= 0.6 is 0 Å². The highest BCUT2D eigenvalue weighted by molar-refractivity contribution is 5.98. The molecule has 0 saturated carbocycles. The van der Waals surface area contributed by atoms with Gasteiger partial charge in [0, 0.05) is 6.54 Å². The molecule has 2 amide bonds. The summed E-state index contributed by atoms with van der Waals surface area (Å²) in [6.45, 7) is -3.01. The van der Waals surface area contributed by atoms with E-state index < -0.39 is 18.4 Å². The van der Waals surface area contributed by atoms with Crippen LogP contribution in [0.3, 0.4) is 0 Å². The van der Waals surface area contributed by atoms with E-state index in [2.05, 4.69) is 15.4 Å².